The average Bonchev–Trinajstić information content (AvgIpc) is 3.00. The zero-order valence-electron chi connectivity index (χ0n) is 9.98. The predicted octanol–water partition coefficient (Wildman–Crippen LogP) is 3.60. The van der Waals surface area contributed by atoms with Gasteiger partial charge >= 0.3 is 0 Å². The van der Waals surface area contributed by atoms with Crippen LogP contribution in [0.1, 0.15) is 48.7 Å². The lowest BCUT2D eigenvalue weighted by Crippen LogP contribution is -2.26. The van der Waals surface area contributed by atoms with Gasteiger partial charge in [0.05, 0.1) is 18.8 Å². The van der Waals surface area contributed by atoms with E-state index in [2.05, 4.69) is 18.3 Å². The van der Waals surface area contributed by atoms with Crippen LogP contribution in [0.3, 0.4) is 0 Å². The minimum atomic E-state index is 0.305. The summed E-state index contributed by atoms with van der Waals surface area (Å²) in [5.41, 5.74) is 2.52. The minimum absolute atomic E-state index is 0.305. The number of aryl methyl sites for hydroxylation is 1. The van der Waals surface area contributed by atoms with E-state index in [0.29, 0.717) is 12.1 Å². The van der Waals surface area contributed by atoms with E-state index in [1.54, 1.807) is 18.8 Å². The zero-order valence-corrected chi connectivity index (χ0v) is 9.98. The molecule has 0 amide bonds. The first-order valence-electron chi connectivity index (χ1n) is 6.19. The van der Waals surface area contributed by atoms with E-state index in [4.69, 9.17) is 8.83 Å². The second kappa shape index (κ2) is 4.41. The molecule has 0 aliphatic heterocycles. The summed E-state index contributed by atoms with van der Waals surface area (Å²) < 4.78 is 10.6. The molecule has 90 valence electrons. The second-order valence-corrected chi connectivity index (χ2v) is 4.69. The van der Waals surface area contributed by atoms with E-state index in [-0.39, 0.29) is 0 Å². The predicted molar refractivity (Wildman–Crippen MR) is 64.6 cm³/mol. The Hall–Kier alpha value is -1.48. The monoisotopic (exact) mass is 231 g/mol. The van der Waals surface area contributed by atoms with Crippen molar-refractivity contribution >= 4 is 0 Å². The lowest BCUT2D eigenvalue weighted by atomic mass is 9.92. The molecule has 3 nitrogen and oxygen atoms in total. The molecule has 1 aliphatic carbocycles. The van der Waals surface area contributed by atoms with Crippen molar-refractivity contribution in [3.05, 3.63) is 47.8 Å². The Kier molecular flexibility index (Phi) is 2.77. The molecule has 1 N–H and O–H groups in total. The van der Waals surface area contributed by atoms with Gasteiger partial charge < -0.3 is 14.2 Å². The lowest BCUT2D eigenvalue weighted by molar-refractivity contribution is 0.384. The van der Waals surface area contributed by atoms with Gasteiger partial charge in [-0.05, 0) is 31.9 Å². The first-order chi connectivity index (χ1) is 8.34. The summed E-state index contributed by atoms with van der Waals surface area (Å²) in [6.07, 6.45) is 8.76. The molecular formula is C14H17NO2. The van der Waals surface area contributed by atoms with Crippen LogP contribution in [0.5, 0.6) is 0 Å². The molecule has 0 saturated heterocycles. The van der Waals surface area contributed by atoms with Gasteiger partial charge in [0, 0.05) is 29.6 Å². The van der Waals surface area contributed by atoms with Crippen LogP contribution in [-0.2, 0) is 6.42 Å². The van der Waals surface area contributed by atoms with E-state index >= 15 is 0 Å². The number of rotatable bonds is 3. The molecule has 2 unspecified atom stereocenters. The number of furan rings is 2. The smallest absolute Gasteiger partial charge is 0.108 e. The average molecular weight is 231 g/mol. The van der Waals surface area contributed by atoms with Gasteiger partial charge in [-0.25, -0.2) is 0 Å². The topological polar surface area (TPSA) is 38.3 Å². The summed E-state index contributed by atoms with van der Waals surface area (Å²) in [5, 5.41) is 3.64. The maximum Gasteiger partial charge on any atom is 0.108 e. The number of hydrogen-bond donors (Lipinski definition) is 1. The second-order valence-electron chi connectivity index (χ2n) is 4.69. The van der Waals surface area contributed by atoms with E-state index in [1.807, 2.05) is 6.07 Å². The molecule has 0 fully saturated rings. The van der Waals surface area contributed by atoms with E-state index in [1.165, 1.54) is 24.0 Å². The van der Waals surface area contributed by atoms with Gasteiger partial charge in [0.2, 0.25) is 0 Å². The van der Waals surface area contributed by atoms with Crippen LogP contribution < -0.4 is 5.32 Å². The Bertz CT molecular complexity index is 472. The highest BCUT2D eigenvalue weighted by atomic mass is 16.3. The van der Waals surface area contributed by atoms with Gasteiger partial charge in [-0.2, -0.15) is 0 Å². The van der Waals surface area contributed by atoms with Crippen molar-refractivity contribution in [2.24, 2.45) is 0 Å². The fourth-order valence-electron chi connectivity index (χ4n) is 2.58. The van der Waals surface area contributed by atoms with Crippen molar-refractivity contribution in [2.75, 3.05) is 0 Å². The molecular weight excluding hydrogens is 214 g/mol. The number of fused-ring (bicyclic) bond motifs is 1. The van der Waals surface area contributed by atoms with Crippen LogP contribution in [0.15, 0.2) is 39.8 Å². The van der Waals surface area contributed by atoms with Crippen molar-refractivity contribution in [3.63, 3.8) is 0 Å². The van der Waals surface area contributed by atoms with Crippen molar-refractivity contribution < 1.29 is 8.83 Å². The molecule has 0 spiro atoms. The van der Waals surface area contributed by atoms with Crippen molar-refractivity contribution in [1.29, 1.82) is 0 Å². The number of nitrogens with one attached hydrogen (secondary N) is 1. The van der Waals surface area contributed by atoms with Gasteiger partial charge in [0.25, 0.3) is 0 Å². The summed E-state index contributed by atoms with van der Waals surface area (Å²) in [6, 6.07) is 4.81. The Morgan fingerprint density at radius 2 is 2.29 bits per heavy atom. The minimum Gasteiger partial charge on any atom is -0.472 e. The van der Waals surface area contributed by atoms with Gasteiger partial charge in [-0.1, -0.05) is 0 Å². The van der Waals surface area contributed by atoms with Gasteiger partial charge in [-0.15, -0.1) is 0 Å². The zero-order chi connectivity index (χ0) is 11.7. The maximum atomic E-state index is 5.50. The van der Waals surface area contributed by atoms with Gasteiger partial charge in [0.1, 0.15) is 5.76 Å². The first kappa shape index (κ1) is 10.7. The summed E-state index contributed by atoms with van der Waals surface area (Å²) in [5.74, 6) is 1.15. The molecule has 0 bridgehead atoms. The van der Waals surface area contributed by atoms with Crippen molar-refractivity contribution in [1.82, 2.24) is 5.32 Å². The third kappa shape index (κ3) is 2.03. The lowest BCUT2D eigenvalue weighted by Gasteiger charge is -2.26. The Balaban J connectivity index is 1.75. The highest BCUT2D eigenvalue weighted by Crippen LogP contribution is 2.32. The normalized spacial score (nSPS) is 21.1. The van der Waals surface area contributed by atoms with Crippen LogP contribution in [0.25, 0.3) is 0 Å². The quantitative estimate of drug-likeness (QED) is 0.877. The third-order valence-electron chi connectivity index (χ3n) is 3.55. The van der Waals surface area contributed by atoms with E-state index < -0.39 is 0 Å². The molecule has 3 rings (SSSR count). The Morgan fingerprint density at radius 3 is 3.12 bits per heavy atom. The van der Waals surface area contributed by atoms with Crippen molar-refractivity contribution in [3.8, 4) is 0 Å². The molecule has 2 aromatic heterocycles. The largest absolute Gasteiger partial charge is 0.472 e. The summed E-state index contributed by atoms with van der Waals surface area (Å²) in [7, 11) is 0. The molecule has 0 radical (unpaired) electrons. The SMILES string of the molecule is CC(NC1CCCc2occc21)c1ccoc1. The van der Waals surface area contributed by atoms with E-state index in [9.17, 15) is 0 Å². The fraction of sp³-hybridized carbons (Fsp3) is 0.429. The van der Waals surface area contributed by atoms with Crippen LogP contribution in [0, 0.1) is 0 Å². The van der Waals surface area contributed by atoms with Crippen LogP contribution in [0.4, 0.5) is 0 Å². The van der Waals surface area contributed by atoms with Gasteiger partial charge in [0.15, 0.2) is 0 Å². The molecule has 2 aromatic rings. The molecule has 3 heteroatoms. The molecule has 2 heterocycles. The van der Waals surface area contributed by atoms with Gasteiger partial charge in [-0.3, -0.25) is 0 Å². The van der Waals surface area contributed by atoms with E-state index in [0.717, 1.165) is 12.2 Å². The van der Waals surface area contributed by atoms with Crippen LogP contribution in [-0.4, -0.2) is 0 Å². The van der Waals surface area contributed by atoms with Crippen LogP contribution >= 0.6 is 0 Å². The maximum absolute atomic E-state index is 5.50. The summed E-state index contributed by atoms with van der Waals surface area (Å²) in [4.78, 5) is 0. The van der Waals surface area contributed by atoms with Crippen molar-refractivity contribution in [2.45, 2.75) is 38.3 Å². The Morgan fingerprint density at radius 1 is 1.35 bits per heavy atom. The third-order valence-corrected chi connectivity index (χ3v) is 3.55. The molecule has 0 aromatic carbocycles. The standard InChI is InChI=1S/C14H17NO2/c1-10(11-5-7-16-9-11)15-13-3-2-4-14-12(13)6-8-17-14/h5-10,13,15H,2-4H2,1H3. The molecule has 0 saturated carbocycles. The fourth-order valence-corrected chi connectivity index (χ4v) is 2.58. The summed E-state index contributed by atoms with van der Waals surface area (Å²) >= 11 is 0. The number of hydrogen-bond acceptors (Lipinski definition) is 3. The molecule has 17 heavy (non-hydrogen) atoms. The highest BCUT2D eigenvalue weighted by Gasteiger charge is 2.24. The summed E-state index contributed by atoms with van der Waals surface area (Å²) in [6.45, 7) is 2.17. The van der Waals surface area contributed by atoms with Crippen LogP contribution in [0.2, 0.25) is 0 Å². The molecule has 1 aliphatic rings. The Labute approximate surface area is 101 Å². The highest BCUT2D eigenvalue weighted by molar-refractivity contribution is 5.25. The first-order valence-corrected chi connectivity index (χ1v) is 6.19. The molecule has 2 atom stereocenters.